The number of carboxylic acid groups (broad SMARTS) is 1. The van der Waals surface area contributed by atoms with E-state index in [9.17, 15) is 14.4 Å². The fourth-order valence-electron chi connectivity index (χ4n) is 1.33. The third-order valence-corrected chi connectivity index (χ3v) is 3.03. The second kappa shape index (κ2) is 10.3. The van der Waals surface area contributed by atoms with Gasteiger partial charge in [0.2, 0.25) is 5.91 Å². The van der Waals surface area contributed by atoms with Gasteiger partial charge in [-0.05, 0) is 0 Å². The van der Waals surface area contributed by atoms with Gasteiger partial charge in [0.25, 0.3) is 5.91 Å². The summed E-state index contributed by atoms with van der Waals surface area (Å²) in [7, 11) is 0. The van der Waals surface area contributed by atoms with E-state index < -0.39 is 11.9 Å². The minimum absolute atomic E-state index is 0. The van der Waals surface area contributed by atoms with E-state index in [1.807, 2.05) is 0 Å². The Hall–Kier alpha value is -2.40. The first-order valence-corrected chi connectivity index (χ1v) is 7.09. The van der Waals surface area contributed by atoms with Crippen molar-refractivity contribution < 1.29 is 19.5 Å². The number of nitrogens with one attached hydrogen (secondary N) is 4. The molecule has 12 heteroatoms. The molecule has 0 saturated heterocycles. The van der Waals surface area contributed by atoms with Crippen molar-refractivity contribution in [3.63, 3.8) is 0 Å². The molecule has 10 nitrogen and oxygen atoms in total. The molecule has 0 aromatic carbocycles. The van der Waals surface area contributed by atoms with Gasteiger partial charge in [-0.15, -0.1) is 23.7 Å². The van der Waals surface area contributed by atoms with E-state index in [-0.39, 0.29) is 55.9 Å². The van der Waals surface area contributed by atoms with Crippen LogP contribution in [0.3, 0.4) is 0 Å². The molecular formula is C11H17ClN6O4S. The van der Waals surface area contributed by atoms with Gasteiger partial charge < -0.3 is 26.8 Å². The van der Waals surface area contributed by atoms with Crippen molar-refractivity contribution >= 4 is 52.6 Å². The zero-order chi connectivity index (χ0) is 16.5. The second-order valence-electron chi connectivity index (χ2n) is 4.08. The summed E-state index contributed by atoms with van der Waals surface area (Å²) in [5.74, 6) is -2.07. The number of hydrogen-bond acceptors (Lipinski definition) is 6. The highest BCUT2D eigenvalue weighted by Crippen LogP contribution is 2.14. The fraction of sp³-hybridized carbons (Fsp3) is 0.364. The first kappa shape index (κ1) is 20.6. The van der Waals surface area contributed by atoms with Crippen molar-refractivity contribution in [3.05, 3.63) is 11.1 Å². The third-order valence-electron chi connectivity index (χ3n) is 2.28. The van der Waals surface area contributed by atoms with Crippen LogP contribution in [0.4, 0.5) is 5.13 Å². The number of carbonyl (C=O) groups excluding carboxylic acids is 2. The highest BCUT2D eigenvalue weighted by Gasteiger charge is 2.11. The van der Waals surface area contributed by atoms with Crippen LogP contribution in [0.5, 0.6) is 0 Å². The van der Waals surface area contributed by atoms with E-state index in [1.165, 1.54) is 5.38 Å². The number of guanidine groups is 1. The second-order valence-corrected chi connectivity index (χ2v) is 4.93. The molecule has 0 fully saturated rings. The molecule has 23 heavy (non-hydrogen) atoms. The molecule has 0 aliphatic rings. The summed E-state index contributed by atoms with van der Waals surface area (Å²) in [5.41, 5.74) is 5.29. The number of anilines is 1. The van der Waals surface area contributed by atoms with Crippen LogP contribution < -0.4 is 21.7 Å². The van der Waals surface area contributed by atoms with Crippen LogP contribution in [0.1, 0.15) is 23.3 Å². The summed E-state index contributed by atoms with van der Waals surface area (Å²) in [5, 5.41) is 24.7. The molecule has 0 spiro atoms. The number of carboxylic acids is 1. The summed E-state index contributed by atoms with van der Waals surface area (Å²) >= 11 is 1.12. The lowest BCUT2D eigenvalue weighted by atomic mass is 10.3. The molecule has 0 aliphatic heterocycles. The van der Waals surface area contributed by atoms with Gasteiger partial charge in [-0.25, -0.2) is 4.98 Å². The maximum absolute atomic E-state index is 11.7. The number of thiazole rings is 1. The molecule has 0 atom stereocenters. The fourth-order valence-corrected chi connectivity index (χ4v) is 2.03. The summed E-state index contributed by atoms with van der Waals surface area (Å²) in [6, 6.07) is 0. The first-order chi connectivity index (χ1) is 10.4. The van der Waals surface area contributed by atoms with Crippen LogP contribution in [0.25, 0.3) is 0 Å². The monoisotopic (exact) mass is 364 g/mol. The summed E-state index contributed by atoms with van der Waals surface area (Å²) in [6.45, 7) is 0.152. The predicted molar refractivity (Wildman–Crippen MR) is 87.1 cm³/mol. The minimum atomic E-state index is -0.993. The summed E-state index contributed by atoms with van der Waals surface area (Å²) < 4.78 is 0. The lowest BCUT2D eigenvalue weighted by molar-refractivity contribution is -0.136. The van der Waals surface area contributed by atoms with Gasteiger partial charge in [-0.2, -0.15) is 0 Å². The van der Waals surface area contributed by atoms with Crippen LogP contribution in [0.2, 0.25) is 0 Å². The molecule has 1 heterocycles. The number of rotatable bonds is 8. The highest BCUT2D eigenvalue weighted by molar-refractivity contribution is 7.14. The number of nitrogens with zero attached hydrogens (tertiary/aromatic N) is 1. The molecule has 2 amide bonds. The van der Waals surface area contributed by atoms with Crippen LogP contribution in [-0.2, 0) is 9.59 Å². The number of halogens is 1. The van der Waals surface area contributed by atoms with E-state index in [1.54, 1.807) is 0 Å². The van der Waals surface area contributed by atoms with Crippen molar-refractivity contribution in [2.45, 2.75) is 12.8 Å². The molecule has 1 aromatic rings. The van der Waals surface area contributed by atoms with Crippen molar-refractivity contribution in [1.82, 2.24) is 15.6 Å². The Bertz CT molecular complexity index is 579. The van der Waals surface area contributed by atoms with Crippen LogP contribution in [0, 0.1) is 5.41 Å². The van der Waals surface area contributed by atoms with Gasteiger partial charge in [0.15, 0.2) is 11.1 Å². The highest BCUT2D eigenvalue weighted by atomic mass is 35.5. The Kier molecular flexibility index (Phi) is 9.27. The molecule has 0 saturated carbocycles. The van der Waals surface area contributed by atoms with Crippen molar-refractivity contribution in [3.8, 4) is 0 Å². The Balaban J connectivity index is 0.00000484. The zero-order valence-electron chi connectivity index (χ0n) is 11.9. The van der Waals surface area contributed by atoms with Crippen molar-refractivity contribution in [2.75, 3.05) is 18.4 Å². The molecular weight excluding hydrogens is 348 g/mol. The lowest BCUT2D eigenvalue weighted by Gasteiger charge is -2.04. The SMILES string of the molecule is Cl.N=C(N)Nc1nc(C(=O)NCCC(=O)NCCC(=O)O)cs1. The molecule has 0 radical (unpaired) electrons. The van der Waals surface area contributed by atoms with E-state index in [2.05, 4.69) is 20.9 Å². The van der Waals surface area contributed by atoms with Gasteiger partial charge in [0.1, 0.15) is 5.69 Å². The zero-order valence-corrected chi connectivity index (χ0v) is 13.6. The van der Waals surface area contributed by atoms with Crippen molar-refractivity contribution in [1.29, 1.82) is 5.41 Å². The number of aliphatic carboxylic acids is 1. The number of carbonyl (C=O) groups is 3. The van der Waals surface area contributed by atoms with E-state index in [0.717, 1.165) is 11.3 Å². The third kappa shape index (κ3) is 8.58. The predicted octanol–water partition coefficient (Wildman–Crippen LogP) is -0.419. The first-order valence-electron chi connectivity index (χ1n) is 6.21. The molecule has 128 valence electrons. The van der Waals surface area contributed by atoms with Crippen LogP contribution in [-0.4, -0.2) is 46.9 Å². The van der Waals surface area contributed by atoms with Crippen LogP contribution in [0.15, 0.2) is 5.38 Å². The largest absolute Gasteiger partial charge is 0.481 e. The average molecular weight is 365 g/mol. The van der Waals surface area contributed by atoms with E-state index >= 15 is 0 Å². The molecule has 1 aromatic heterocycles. The Morgan fingerprint density at radius 1 is 1.26 bits per heavy atom. The molecule has 0 unspecified atom stereocenters. The molecule has 1 rings (SSSR count). The Morgan fingerprint density at radius 3 is 2.52 bits per heavy atom. The smallest absolute Gasteiger partial charge is 0.305 e. The number of hydrogen-bond donors (Lipinski definition) is 6. The number of nitrogens with two attached hydrogens (primary N) is 1. The summed E-state index contributed by atoms with van der Waals surface area (Å²) in [4.78, 5) is 37.3. The maximum Gasteiger partial charge on any atom is 0.305 e. The maximum atomic E-state index is 11.7. The Morgan fingerprint density at radius 2 is 1.91 bits per heavy atom. The standard InChI is InChI=1S/C11H16N6O4S.ClH/c12-10(13)17-11-16-6(5-22-11)9(21)15-3-1-7(18)14-4-2-8(19)20;/h5H,1-4H2,(H,14,18)(H,15,21)(H,19,20)(H4,12,13,16,17);1H. The van der Waals surface area contributed by atoms with Crippen LogP contribution >= 0.6 is 23.7 Å². The Labute approximate surface area is 141 Å². The molecule has 0 bridgehead atoms. The lowest BCUT2D eigenvalue weighted by Crippen LogP contribution is -2.31. The quantitative estimate of drug-likeness (QED) is 0.268. The van der Waals surface area contributed by atoms with Gasteiger partial charge in [0.05, 0.1) is 6.42 Å². The minimum Gasteiger partial charge on any atom is -0.481 e. The molecule has 0 aliphatic carbocycles. The number of amides is 2. The van der Waals surface area contributed by atoms with Gasteiger partial charge in [-0.1, -0.05) is 0 Å². The average Bonchev–Trinajstić information content (AvgIpc) is 2.85. The summed E-state index contributed by atoms with van der Waals surface area (Å²) in [6.07, 6.45) is -0.114. The van der Waals surface area contributed by atoms with E-state index in [0.29, 0.717) is 5.13 Å². The normalized spacial score (nSPS) is 9.39. The van der Waals surface area contributed by atoms with E-state index in [4.69, 9.17) is 16.2 Å². The van der Waals surface area contributed by atoms with Gasteiger partial charge in [-0.3, -0.25) is 19.8 Å². The number of aromatic nitrogens is 1. The van der Waals surface area contributed by atoms with Gasteiger partial charge >= 0.3 is 5.97 Å². The van der Waals surface area contributed by atoms with Crippen molar-refractivity contribution in [2.24, 2.45) is 5.73 Å². The molecule has 7 N–H and O–H groups in total. The van der Waals surface area contributed by atoms with Gasteiger partial charge in [0, 0.05) is 24.9 Å². The topological polar surface area (TPSA) is 170 Å².